The number of hydrogen-bond acceptors (Lipinski definition) is 2. The van der Waals surface area contributed by atoms with Crippen molar-refractivity contribution in [1.82, 2.24) is 5.32 Å². The van der Waals surface area contributed by atoms with E-state index in [9.17, 15) is 14.0 Å². The molecule has 1 aromatic carbocycles. The van der Waals surface area contributed by atoms with Crippen LogP contribution in [0.1, 0.15) is 36.8 Å². The third kappa shape index (κ3) is 2.35. The lowest BCUT2D eigenvalue weighted by molar-refractivity contribution is -0.134. The summed E-state index contributed by atoms with van der Waals surface area (Å²) in [4.78, 5) is 22.7. The molecule has 1 aromatic rings. The minimum absolute atomic E-state index is 0.270. The Bertz CT molecular complexity index is 470. The molecule has 17 heavy (non-hydrogen) atoms. The summed E-state index contributed by atoms with van der Waals surface area (Å²) >= 11 is 0. The molecular formula is C13H14FNO2. The minimum atomic E-state index is -0.542. The Balaban J connectivity index is 2.33. The highest BCUT2D eigenvalue weighted by Crippen LogP contribution is 2.27. The molecule has 1 aliphatic heterocycles. The van der Waals surface area contributed by atoms with Crippen molar-refractivity contribution in [3.63, 3.8) is 0 Å². The summed E-state index contributed by atoms with van der Waals surface area (Å²) in [5.74, 6) is -1.59. The smallest absolute Gasteiger partial charge is 0.234 e. The Kier molecular flexibility index (Phi) is 3.22. The molecule has 1 heterocycles. The molecule has 90 valence electrons. The highest BCUT2D eigenvalue weighted by atomic mass is 19.1. The van der Waals surface area contributed by atoms with E-state index in [2.05, 4.69) is 5.32 Å². The number of rotatable bonds is 2. The maximum absolute atomic E-state index is 13.7. The van der Waals surface area contributed by atoms with E-state index in [0.717, 1.165) is 12.0 Å². The molecule has 1 aliphatic rings. The molecule has 0 aromatic heterocycles. The van der Waals surface area contributed by atoms with Crippen molar-refractivity contribution in [2.24, 2.45) is 0 Å². The number of carbonyl (C=O) groups excluding carboxylic acids is 2. The van der Waals surface area contributed by atoms with Crippen LogP contribution in [0.2, 0.25) is 0 Å². The van der Waals surface area contributed by atoms with E-state index in [-0.39, 0.29) is 18.1 Å². The summed E-state index contributed by atoms with van der Waals surface area (Å²) in [6.07, 6.45) is 1.45. The second kappa shape index (κ2) is 4.65. The summed E-state index contributed by atoms with van der Waals surface area (Å²) in [6, 6.07) is 4.82. The number of piperidine rings is 1. The standard InChI is InChI=1S/C13H14FNO2/c1-2-8-3-5-11(14)10(7-8)9-4-6-12(16)15-13(9)17/h3,5,7,9H,2,4,6H2,1H3,(H,15,16,17). The van der Waals surface area contributed by atoms with Crippen LogP contribution < -0.4 is 5.32 Å². The van der Waals surface area contributed by atoms with Gasteiger partial charge in [0.25, 0.3) is 0 Å². The van der Waals surface area contributed by atoms with Gasteiger partial charge in [0.05, 0.1) is 5.92 Å². The van der Waals surface area contributed by atoms with Crippen LogP contribution in [-0.4, -0.2) is 11.8 Å². The van der Waals surface area contributed by atoms with Gasteiger partial charge in [-0.3, -0.25) is 14.9 Å². The van der Waals surface area contributed by atoms with Crippen molar-refractivity contribution in [2.45, 2.75) is 32.1 Å². The maximum atomic E-state index is 13.7. The Labute approximate surface area is 99.0 Å². The van der Waals surface area contributed by atoms with Gasteiger partial charge in [-0.2, -0.15) is 0 Å². The second-order valence-electron chi connectivity index (χ2n) is 4.21. The summed E-state index contributed by atoms with van der Waals surface area (Å²) in [7, 11) is 0. The largest absolute Gasteiger partial charge is 0.296 e. The zero-order valence-electron chi connectivity index (χ0n) is 9.63. The van der Waals surface area contributed by atoms with Crippen LogP contribution in [0.5, 0.6) is 0 Å². The third-order valence-electron chi connectivity index (χ3n) is 3.08. The summed E-state index contributed by atoms with van der Waals surface area (Å²) in [6.45, 7) is 1.97. The van der Waals surface area contributed by atoms with E-state index >= 15 is 0 Å². The molecule has 1 atom stereocenters. The Morgan fingerprint density at radius 3 is 2.82 bits per heavy atom. The van der Waals surface area contributed by atoms with Crippen LogP contribution >= 0.6 is 0 Å². The highest BCUT2D eigenvalue weighted by Gasteiger charge is 2.29. The summed E-state index contributed by atoms with van der Waals surface area (Å²) in [5, 5.41) is 2.25. The van der Waals surface area contributed by atoms with Crippen molar-refractivity contribution in [3.8, 4) is 0 Å². The molecule has 4 heteroatoms. The van der Waals surface area contributed by atoms with Crippen molar-refractivity contribution in [3.05, 3.63) is 35.1 Å². The van der Waals surface area contributed by atoms with Gasteiger partial charge in [-0.05, 0) is 24.5 Å². The molecule has 0 spiro atoms. The fourth-order valence-electron chi connectivity index (χ4n) is 2.07. The maximum Gasteiger partial charge on any atom is 0.234 e. The lowest BCUT2D eigenvalue weighted by Crippen LogP contribution is -2.39. The number of nitrogens with one attached hydrogen (secondary N) is 1. The number of hydrogen-bond donors (Lipinski definition) is 1. The van der Waals surface area contributed by atoms with Gasteiger partial charge in [0.2, 0.25) is 11.8 Å². The molecule has 2 rings (SSSR count). The lowest BCUT2D eigenvalue weighted by Gasteiger charge is -2.21. The topological polar surface area (TPSA) is 46.2 Å². The number of carbonyl (C=O) groups is 2. The predicted molar refractivity (Wildman–Crippen MR) is 60.9 cm³/mol. The molecule has 0 radical (unpaired) electrons. The van der Waals surface area contributed by atoms with Gasteiger partial charge in [-0.1, -0.05) is 19.1 Å². The van der Waals surface area contributed by atoms with Crippen LogP contribution in [0.3, 0.4) is 0 Å². The summed E-state index contributed by atoms with van der Waals surface area (Å²) < 4.78 is 13.7. The zero-order valence-corrected chi connectivity index (χ0v) is 9.63. The van der Waals surface area contributed by atoms with E-state index in [1.807, 2.05) is 6.92 Å². The predicted octanol–water partition coefficient (Wildman–Crippen LogP) is 1.91. The van der Waals surface area contributed by atoms with Crippen molar-refractivity contribution >= 4 is 11.8 Å². The third-order valence-corrected chi connectivity index (χ3v) is 3.08. The first-order chi connectivity index (χ1) is 8.11. The number of benzene rings is 1. The molecule has 0 saturated carbocycles. The quantitative estimate of drug-likeness (QED) is 0.796. The fraction of sp³-hybridized carbons (Fsp3) is 0.385. The molecule has 3 nitrogen and oxygen atoms in total. The molecule has 0 aliphatic carbocycles. The molecule has 1 N–H and O–H groups in total. The molecule has 0 bridgehead atoms. The first-order valence-corrected chi connectivity index (χ1v) is 5.74. The minimum Gasteiger partial charge on any atom is -0.296 e. The Hall–Kier alpha value is -1.71. The number of imide groups is 1. The van der Waals surface area contributed by atoms with Gasteiger partial charge in [0.15, 0.2) is 0 Å². The average Bonchev–Trinajstić information content (AvgIpc) is 2.30. The Morgan fingerprint density at radius 2 is 2.18 bits per heavy atom. The van der Waals surface area contributed by atoms with E-state index in [1.165, 1.54) is 6.07 Å². The average molecular weight is 235 g/mol. The van der Waals surface area contributed by atoms with Crippen molar-refractivity contribution < 1.29 is 14.0 Å². The van der Waals surface area contributed by atoms with Crippen LogP contribution in [0.4, 0.5) is 4.39 Å². The van der Waals surface area contributed by atoms with Gasteiger partial charge in [-0.25, -0.2) is 4.39 Å². The van der Waals surface area contributed by atoms with Crippen LogP contribution in [0.15, 0.2) is 18.2 Å². The Morgan fingerprint density at radius 1 is 1.41 bits per heavy atom. The lowest BCUT2D eigenvalue weighted by atomic mass is 9.89. The monoisotopic (exact) mass is 235 g/mol. The first-order valence-electron chi connectivity index (χ1n) is 5.74. The number of amides is 2. The summed E-state index contributed by atoms with van der Waals surface area (Å²) in [5.41, 5.74) is 1.39. The van der Waals surface area contributed by atoms with E-state index in [4.69, 9.17) is 0 Å². The van der Waals surface area contributed by atoms with Crippen LogP contribution in [0, 0.1) is 5.82 Å². The number of halogens is 1. The van der Waals surface area contributed by atoms with E-state index in [0.29, 0.717) is 12.0 Å². The number of aryl methyl sites for hydroxylation is 1. The molecule has 1 fully saturated rings. The van der Waals surface area contributed by atoms with Crippen LogP contribution in [-0.2, 0) is 16.0 Å². The molecular weight excluding hydrogens is 221 g/mol. The SMILES string of the molecule is CCc1ccc(F)c(C2CCC(=O)NC2=O)c1. The fourth-order valence-corrected chi connectivity index (χ4v) is 2.07. The van der Waals surface area contributed by atoms with Gasteiger partial charge in [0.1, 0.15) is 5.82 Å². The highest BCUT2D eigenvalue weighted by molar-refractivity contribution is 6.00. The van der Waals surface area contributed by atoms with Gasteiger partial charge < -0.3 is 0 Å². The molecule has 1 unspecified atom stereocenters. The van der Waals surface area contributed by atoms with Gasteiger partial charge >= 0.3 is 0 Å². The van der Waals surface area contributed by atoms with Crippen LogP contribution in [0.25, 0.3) is 0 Å². The normalized spacial score (nSPS) is 20.2. The van der Waals surface area contributed by atoms with E-state index in [1.54, 1.807) is 12.1 Å². The zero-order chi connectivity index (χ0) is 12.4. The van der Waals surface area contributed by atoms with Crippen molar-refractivity contribution in [2.75, 3.05) is 0 Å². The van der Waals surface area contributed by atoms with Gasteiger partial charge in [-0.15, -0.1) is 0 Å². The van der Waals surface area contributed by atoms with Gasteiger partial charge in [0, 0.05) is 12.0 Å². The molecule has 1 saturated heterocycles. The second-order valence-corrected chi connectivity index (χ2v) is 4.21. The van der Waals surface area contributed by atoms with Crippen molar-refractivity contribution in [1.29, 1.82) is 0 Å². The molecule has 2 amide bonds. The first kappa shape index (κ1) is 11.8. The van der Waals surface area contributed by atoms with E-state index < -0.39 is 11.8 Å².